The monoisotopic (exact) mass is 598 g/mol. The predicted molar refractivity (Wildman–Crippen MR) is 148 cm³/mol. The molecule has 0 atom stereocenters. The first-order valence-electron chi connectivity index (χ1n) is 14.4. The van der Waals surface area contributed by atoms with E-state index in [1.54, 1.807) is 38.1 Å². The van der Waals surface area contributed by atoms with E-state index in [1.165, 1.54) is 0 Å². The fraction of sp³-hybridized carbons (Fsp3) is 0.613. The Balaban J connectivity index is 1.64. The summed E-state index contributed by atoms with van der Waals surface area (Å²) in [5.41, 5.74) is -1.00. The van der Waals surface area contributed by atoms with Crippen LogP contribution < -0.4 is 9.47 Å². The van der Waals surface area contributed by atoms with E-state index in [9.17, 15) is 32.3 Å². The normalized spacial score (nSPS) is 17.2. The quantitative estimate of drug-likeness (QED) is 0.0845. The van der Waals surface area contributed by atoms with Crippen LogP contribution in [-0.4, -0.2) is 48.7 Å². The molecule has 1 aliphatic rings. The number of hydrogen-bond acceptors (Lipinski definition) is 8. The number of ketones is 1. The molecule has 0 saturated heterocycles. The molecule has 2 rings (SSSR count). The number of esters is 3. The topological polar surface area (TPSA) is 105 Å². The maximum absolute atomic E-state index is 12.7. The first kappa shape index (κ1) is 34.8. The van der Waals surface area contributed by atoms with Crippen molar-refractivity contribution in [1.82, 2.24) is 0 Å². The second kappa shape index (κ2) is 16.9. The minimum Gasteiger partial charge on any atom is -0.494 e. The number of alkyl halides is 3. The molecule has 0 N–H and O–H groups in total. The molecular formula is C31H41F3O8. The predicted octanol–water partition coefficient (Wildman–Crippen LogP) is 6.69. The van der Waals surface area contributed by atoms with Crippen LogP contribution in [-0.2, 0) is 28.7 Å². The van der Waals surface area contributed by atoms with E-state index < -0.39 is 41.8 Å². The second-order valence-electron chi connectivity index (χ2n) is 11.0. The summed E-state index contributed by atoms with van der Waals surface area (Å²) >= 11 is 0. The lowest BCUT2D eigenvalue weighted by Gasteiger charge is -2.30. The van der Waals surface area contributed by atoms with Crippen LogP contribution in [0.4, 0.5) is 13.2 Å². The van der Waals surface area contributed by atoms with Gasteiger partial charge < -0.3 is 18.9 Å². The van der Waals surface area contributed by atoms with Crippen LogP contribution >= 0.6 is 0 Å². The van der Waals surface area contributed by atoms with Gasteiger partial charge in [0.1, 0.15) is 17.1 Å². The number of Topliss-reactive ketones (excluding diaryl/α,β-unsaturated/α-hetero) is 1. The largest absolute Gasteiger partial charge is 0.494 e. The number of rotatable bonds is 17. The lowest BCUT2D eigenvalue weighted by atomic mass is 9.82. The number of benzene rings is 1. The van der Waals surface area contributed by atoms with Crippen LogP contribution in [0, 0.1) is 11.8 Å². The van der Waals surface area contributed by atoms with Gasteiger partial charge in [0.2, 0.25) is 5.78 Å². The molecule has 1 aromatic carbocycles. The molecule has 0 bridgehead atoms. The molecule has 0 spiro atoms. The summed E-state index contributed by atoms with van der Waals surface area (Å²) < 4.78 is 58.8. The van der Waals surface area contributed by atoms with E-state index in [1.807, 2.05) is 0 Å². The van der Waals surface area contributed by atoms with Crippen LogP contribution in [0.25, 0.3) is 0 Å². The fourth-order valence-electron chi connectivity index (χ4n) is 4.57. The van der Waals surface area contributed by atoms with Crippen molar-refractivity contribution < 1.29 is 51.3 Å². The summed E-state index contributed by atoms with van der Waals surface area (Å²) in [5, 5.41) is 0. The lowest BCUT2D eigenvalue weighted by Crippen LogP contribution is -2.35. The molecule has 1 aliphatic carbocycles. The molecule has 1 fully saturated rings. The van der Waals surface area contributed by atoms with Crippen molar-refractivity contribution in [3.05, 3.63) is 36.9 Å². The maximum atomic E-state index is 12.7. The number of carbonyl (C=O) groups is 4. The molecule has 0 unspecified atom stereocenters. The zero-order chi connectivity index (χ0) is 31.2. The number of carbonyl (C=O) groups excluding carboxylic acids is 4. The summed E-state index contributed by atoms with van der Waals surface area (Å²) in [5.74, 6) is -2.73. The highest BCUT2D eigenvalue weighted by Gasteiger charge is 2.38. The van der Waals surface area contributed by atoms with E-state index in [2.05, 4.69) is 6.58 Å². The van der Waals surface area contributed by atoms with Crippen molar-refractivity contribution in [2.24, 2.45) is 11.8 Å². The molecule has 0 heterocycles. The van der Waals surface area contributed by atoms with Crippen molar-refractivity contribution in [2.45, 2.75) is 96.3 Å². The molecule has 42 heavy (non-hydrogen) atoms. The third kappa shape index (κ3) is 13.1. The Kier molecular flexibility index (Phi) is 14.0. The minimum absolute atomic E-state index is 0.0394. The number of ether oxygens (including phenoxy) is 4. The van der Waals surface area contributed by atoms with Crippen LogP contribution in [0.3, 0.4) is 0 Å². The zero-order valence-corrected chi connectivity index (χ0v) is 24.3. The van der Waals surface area contributed by atoms with Gasteiger partial charge >= 0.3 is 24.1 Å². The van der Waals surface area contributed by atoms with Gasteiger partial charge in [-0.15, -0.1) is 0 Å². The van der Waals surface area contributed by atoms with Crippen molar-refractivity contribution >= 4 is 23.7 Å². The summed E-state index contributed by atoms with van der Waals surface area (Å²) in [6.07, 6.45) is 1.00. The highest BCUT2D eigenvalue weighted by molar-refractivity contribution is 5.84. The van der Waals surface area contributed by atoms with Crippen LogP contribution in [0.2, 0.25) is 0 Å². The zero-order valence-electron chi connectivity index (χ0n) is 24.3. The average Bonchev–Trinajstić information content (AvgIpc) is 2.94. The van der Waals surface area contributed by atoms with Gasteiger partial charge in [-0.1, -0.05) is 6.58 Å². The number of halogens is 3. The Labute approximate surface area is 244 Å². The van der Waals surface area contributed by atoms with Gasteiger partial charge in [0.15, 0.2) is 0 Å². The summed E-state index contributed by atoms with van der Waals surface area (Å²) in [7, 11) is 0. The Bertz CT molecular complexity index is 1040. The van der Waals surface area contributed by atoms with E-state index in [4.69, 9.17) is 18.9 Å². The SMILES string of the molecule is C=CC(=O)OCCCCCCOc1ccc(OC(=O)C2CCC(C(=O)OC(C)(C)CCCC(=O)C(F)(F)F)CC2)cc1. The Morgan fingerprint density at radius 1 is 0.833 bits per heavy atom. The standard InChI is InChI=1S/C31H41F3O8/c1-4-27(36)40-21-8-6-5-7-20-39-24-15-17-25(18-16-24)41-28(37)22-11-13-23(14-12-22)29(38)42-30(2,3)19-9-10-26(35)31(32,33)34/h4,15-18,22-23H,1,5-14,19-21H2,2-3H3. The van der Waals surface area contributed by atoms with Gasteiger partial charge in [-0.3, -0.25) is 14.4 Å². The molecule has 0 aromatic heterocycles. The number of unbranched alkanes of at least 4 members (excludes halogenated alkanes) is 3. The third-order valence-corrected chi connectivity index (χ3v) is 7.03. The molecule has 1 aromatic rings. The molecule has 1 saturated carbocycles. The van der Waals surface area contributed by atoms with Gasteiger partial charge in [0.05, 0.1) is 25.0 Å². The third-order valence-electron chi connectivity index (χ3n) is 7.03. The van der Waals surface area contributed by atoms with E-state index >= 15 is 0 Å². The average molecular weight is 599 g/mol. The molecule has 0 aliphatic heterocycles. The van der Waals surface area contributed by atoms with Crippen molar-refractivity contribution in [3.63, 3.8) is 0 Å². The lowest BCUT2D eigenvalue weighted by molar-refractivity contribution is -0.171. The van der Waals surface area contributed by atoms with Crippen LogP contribution in [0.15, 0.2) is 36.9 Å². The van der Waals surface area contributed by atoms with Gasteiger partial charge in [0.25, 0.3) is 0 Å². The van der Waals surface area contributed by atoms with Crippen LogP contribution in [0.1, 0.15) is 84.5 Å². The second-order valence-corrected chi connectivity index (χ2v) is 11.0. The number of hydrogen-bond donors (Lipinski definition) is 0. The minimum atomic E-state index is -4.85. The molecule has 8 nitrogen and oxygen atoms in total. The highest BCUT2D eigenvalue weighted by atomic mass is 19.4. The molecule has 0 amide bonds. The fourth-order valence-corrected chi connectivity index (χ4v) is 4.57. The molecule has 0 radical (unpaired) electrons. The Morgan fingerprint density at radius 3 is 1.95 bits per heavy atom. The van der Waals surface area contributed by atoms with Gasteiger partial charge in [-0.25, -0.2) is 4.79 Å². The molecule has 11 heteroatoms. The highest BCUT2D eigenvalue weighted by Crippen LogP contribution is 2.33. The molecule has 234 valence electrons. The van der Waals surface area contributed by atoms with Crippen LogP contribution in [0.5, 0.6) is 11.5 Å². The summed E-state index contributed by atoms with van der Waals surface area (Å²) in [6, 6.07) is 6.78. The van der Waals surface area contributed by atoms with E-state index in [0.29, 0.717) is 50.4 Å². The van der Waals surface area contributed by atoms with Crippen molar-refractivity contribution in [2.75, 3.05) is 13.2 Å². The van der Waals surface area contributed by atoms with Gasteiger partial charge in [-0.05, 0) is 102 Å². The summed E-state index contributed by atoms with van der Waals surface area (Å²) in [4.78, 5) is 47.3. The van der Waals surface area contributed by atoms with E-state index in [-0.39, 0.29) is 24.7 Å². The smallest absolute Gasteiger partial charge is 0.449 e. The van der Waals surface area contributed by atoms with Gasteiger partial charge in [0, 0.05) is 12.5 Å². The first-order chi connectivity index (χ1) is 19.8. The Morgan fingerprint density at radius 2 is 1.38 bits per heavy atom. The van der Waals surface area contributed by atoms with Crippen molar-refractivity contribution in [3.8, 4) is 11.5 Å². The van der Waals surface area contributed by atoms with Gasteiger partial charge in [-0.2, -0.15) is 13.2 Å². The maximum Gasteiger partial charge on any atom is 0.449 e. The molecular weight excluding hydrogens is 557 g/mol. The first-order valence-corrected chi connectivity index (χ1v) is 14.4. The summed E-state index contributed by atoms with van der Waals surface area (Å²) in [6.45, 7) is 7.47. The Hall–Kier alpha value is -3.37. The van der Waals surface area contributed by atoms with Crippen molar-refractivity contribution in [1.29, 1.82) is 0 Å². The van der Waals surface area contributed by atoms with E-state index in [0.717, 1.165) is 31.8 Å².